The van der Waals surface area contributed by atoms with Crippen molar-refractivity contribution >= 4 is 23.7 Å². The molecule has 2 aromatic heterocycles. The van der Waals surface area contributed by atoms with Crippen LogP contribution in [0.3, 0.4) is 0 Å². The maximum atomic E-state index is 13.1. The Labute approximate surface area is 175 Å². The number of aromatic nitrogens is 3. The van der Waals surface area contributed by atoms with Crippen molar-refractivity contribution in [3.8, 4) is 22.5 Å². The van der Waals surface area contributed by atoms with Gasteiger partial charge in [-0.05, 0) is 37.3 Å². The predicted molar refractivity (Wildman–Crippen MR) is 111 cm³/mol. The largest absolute Gasteiger partial charge is 0.360 e. The van der Waals surface area contributed by atoms with Crippen molar-refractivity contribution in [2.24, 2.45) is 5.10 Å². The molecule has 9 heteroatoms. The van der Waals surface area contributed by atoms with Crippen LogP contribution < -0.4 is 5.43 Å². The van der Waals surface area contributed by atoms with Crippen LogP contribution >= 0.6 is 11.6 Å². The Hall–Kier alpha value is -3.78. The van der Waals surface area contributed by atoms with Crippen LogP contribution in [0.4, 0.5) is 4.39 Å². The summed E-state index contributed by atoms with van der Waals surface area (Å²) in [5.41, 5.74) is 5.62. The molecule has 0 aliphatic heterocycles. The number of aromatic amines is 1. The summed E-state index contributed by atoms with van der Waals surface area (Å²) in [5, 5.41) is 15.3. The van der Waals surface area contributed by atoms with E-state index >= 15 is 0 Å². The average Bonchev–Trinajstić information content (AvgIpc) is 3.35. The van der Waals surface area contributed by atoms with Crippen molar-refractivity contribution < 1.29 is 13.7 Å². The SMILES string of the molecule is Cc1onc(-c2ccccc2Cl)c1C(=O)NN=Cc1cn[nH]c1-c1ccc(F)cc1. The van der Waals surface area contributed by atoms with Gasteiger partial charge in [-0.1, -0.05) is 35.0 Å². The number of carbonyl (C=O) groups is 1. The molecule has 150 valence electrons. The third kappa shape index (κ3) is 3.85. The molecule has 0 atom stereocenters. The first-order valence-corrected chi connectivity index (χ1v) is 9.26. The molecule has 0 bridgehead atoms. The summed E-state index contributed by atoms with van der Waals surface area (Å²) >= 11 is 6.23. The van der Waals surface area contributed by atoms with Crippen LogP contribution in [0, 0.1) is 12.7 Å². The highest BCUT2D eigenvalue weighted by Crippen LogP contribution is 2.30. The standard InChI is InChI=1S/C21H15ClFN5O2/c1-12-18(20(28-30-12)16-4-2-3-5-17(16)22)21(29)27-25-11-14-10-24-26-19(14)13-6-8-15(23)9-7-13/h2-11H,1H3,(H,24,26)(H,27,29). The number of hydrogen-bond donors (Lipinski definition) is 2. The molecule has 0 aliphatic rings. The number of hydrazone groups is 1. The number of H-pyrrole nitrogens is 1. The Morgan fingerprint density at radius 3 is 2.77 bits per heavy atom. The van der Waals surface area contributed by atoms with Crippen LogP contribution in [0.15, 0.2) is 64.4 Å². The van der Waals surface area contributed by atoms with Gasteiger partial charge in [0.2, 0.25) is 0 Å². The summed E-state index contributed by atoms with van der Waals surface area (Å²) in [5.74, 6) is -0.487. The molecule has 2 aromatic carbocycles. The monoisotopic (exact) mass is 423 g/mol. The zero-order valence-electron chi connectivity index (χ0n) is 15.7. The highest BCUT2D eigenvalue weighted by atomic mass is 35.5. The molecule has 0 aliphatic carbocycles. The molecule has 30 heavy (non-hydrogen) atoms. The predicted octanol–water partition coefficient (Wildman–Crippen LogP) is 4.60. The molecule has 2 N–H and O–H groups in total. The highest BCUT2D eigenvalue weighted by Gasteiger charge is 2.22. The number of hydrogen-bond acceptors (Lipinski definition) is 5. The van der Waals surface area contributed by atoms with E-state index in [2.05, 4.69) is 25.9 Å². The third-order valence-electron chi connectivity index (χ3n) is 4.39. The normalized spacial score (nSPS) is 11.2. The Balaban J connectivity index is 1.55. The Morgan fingerprint density at radius 2 is 2.00 bits per heavy atom. The first kappa shape index (κ1) is 19.5. The average molecular weight is 424 g/mol. The molecule has 2 heterocycles. The summed E-state index contributed by atoms with van der Waals surface area (Å²) in [4.78, 5) is 12.7. The van der Waals surface area contributed by atoms with E-state index in [1.165, 1.54) is 18.3 Å². The number of nitrogens with zero attached hydrogens (tertiary/aromatic N) is 3. The Kier molecular flexibility index (Phi) is 5.40. The second-order valence-electron chi connectivity index (χ2n) is 6.35. The number of carbonyl (C=O) groups excluding carboxylic acids is 1. The fraction of sp³-hybridized carbons (Fsp3) is 0.0476. The molecule has 7 nitrogen and oxygen atoms in total. The lowest BCUT2D eigenvalue weighted by Gasteiger charge is -2.03. The van der Waals surface area contributed by atoms with E-state index in [9.17, 15) is 9.18 Å². The molecule has 0 saturated heterocycles. The van der Waals surface area contributed by atoms with Crippen molar-refractivity contribution in [2.45, 2.75) is 6.92 Å². The second-order valence-corrected chi connectivity index (χ2v) is 6.76. The van der Waals surface area contributed by atoms with E-state index in [1.807, 2.05) is 0 Å². The van der Waals surface area contributed by atoms with Crippen LogP contribution in [0.1, 0.15) is 21.7 Å². The van der Waals surface area contributed by atoms with Gasteiger partial charge in [0.05, 0.1) is 23.1 Å². The minimum Gasteiger partial charge on any atom is -0.360 e. The maximum Gasteiger partial charge on any atom is 0.277 e. The second kappa shape index (κ2) is 8.30. The summed E-state index contributed by atoms with van der Waals surface area (Å²) in [7, 11) is 0. The van der Waals surface area contributed by atoms with Gasteiger partial charge in [0.1, 0.15) is 22.8 Å². The number of halogens is 2. The molecular weight excluding hydrogens is 409 g/mol. The molecule has 0 saturated carbocycles. The van der Waals surface area contributed by atoms with Crippen LogP contribution in [0.25, 0.3) is 22.5 Å². The lowest BCUT2D eigenvalue weighted by Crippen LogP contribution is -2.19. The van der Waals surface area contributed by atoms with Gasteiger partial charge in [-0.15, -0.1) is 0 Å². The van der Waals surface area contributed by atoms with Gasteiger partial charge in [-0.2, -0.15) is 10.2 Å². The van der Waals surface area contributed by atoms with E-state index < -0.39 is 5.91 Å². The Morgan fingerprint density at radius 1 is 1.23 bits per heavy atom. The van der Waals surface area contributed by atoms with Crippen molar-refractivity contribution in [1.82, 2.24) is 20.8 Å². The van der Waals surface area contributed by atoms with E-state index in [0.29, 0.717) is 33.3 Å². The number of rotatable bonds is 5. The van der Waals surface area contributed by atoms with Crippen LogP contribution in [0.5, 0.6) is 0 Å². The Bertz CT molecular complexity index is 1230. The highest BCUT2D eigenvalue weighted by molar-refractivity contribution is 6.33. The van der Waals surface area contributed by atoms with Gasteiger partial charge in [-0.25, -0.2) is 9.82 Å². The van der Waals surface area contributed by atoms with Gasteiger partial charge in [0, 0.05) is 16.7 Å². The van der Waals surface area contributed by atoms with Gasteiger partial charge < -0.3 is 4.52 Å². The van der Waals surface area contributed by atoms with Gasteiger partial charge in [0.25, 0.3) is 5.91 Å². The van der Waals surface area contributed by atoms with Crippen LogP contribution in [-0.4, -0.2) is 27.5 Å². The van der Waals surface area contributed by atoms with Crippen LogP contribution in [-0.2, 0) is 0 Å². The number of nitrogens with one attached hydrogen (secondary N) is 2. The van der Waals surface area contributed by atoms with E-state index in [0.717, 1.165) is 5.56 Å². The summed E-state index contributed by atoms with van der Waals surface area (Å²) in [6.45, 7) is 1.63. The number of aryl methyl sites for hydroxylation is 1. The van der Waals surface area contributed by atoms with Gasteiger partial charge in [-0.3, -0.25) is 9.89 Å². The van der Waals surface area contributed by atoms with E-state index in [-0.39, 0.29) is 11.4 Å². The van der Waals surface area contributed by atoms with Crippen LogP contribution in [0.2, 0.25) is 5.02 Å². The molecular formula is C21H15ClFN5O2. The maximum absolute atomic E-state index is 13.1. The van der Waals surface area contributed by atoms with Crippen molar-refractivity contribution in [1.29, 1.82) is 0 Å². The van der Waals surface area contributed by atoms with Crippen molar-refractivity contribution in [2.75, 3.05) is 0 Å². The molecule has 4 rings (SSSR count). The molecule has 0 spiro atoms. The van der Waals surface area contributed by atoms with Crippen molar-refractivity contribution in [3.63, 3.8) is 0 Å². The summed E-state index contributed by atoms with van der Waals surface area (Å²) < 4.78 is 18.3. The first-order chi connectivity index (χ1) is 14.5. The number of amides is 1. The summed E-state index contributed by atoms with van der Waals surface area (Å²) in [6.07, 6.45) is 2.99. The quantitative estimate of drug-likeness (QED) is 0.362. The molecule has 0 radical (unpaired) electrons. The molecule has 0 unspecified atom stereocenters. The van der Waals surface area contributed by atoms with Gasteiger partial charge in [0.15, 0.2) is 0 Å². The molecule has 4 aromatic rings. The molecule has 0 fully saturated rings. The topological polar surface area (TPSA) is 96.2 Å². The number of benzene rings is 2. The summed E-state index contributed by atoms with van der Waals surface area (Å²) in [6, 6.07) is 13.0. The zero-order chi connectivity index (χ0) is 21.1. The van der Waals surface area contributed by atoms with E-state index in [4.69, 9.17) is 16.1 Å². The minimum absolute atomic E-state index is 0.242. The fourth-order valence-electron chi connectivity index (χ4n) is 2.93. The minimum atomic E-state index is -0.494. The first-order valence-electron chi connectivity index (χ1n) is 8.88. The smallest absolute Gasteiger partial charge is 0.277 e. The lowest BCUT2D eigenvalue weighted by molar-refractivity contribution is 0.0954. The van der Waals surface area contributed by atoms with E-state index in [1.54, 1.807) is 49.5 Å². The lowest BCUT2D eigenvalue weighted by atomic mass is 10.1. The zero-order valence-corrected chi connectivity index (χ0v) is 16.4. The van der Waals surface area contributed by atoms with Gasteiger partial charge >= 0.3 is 0 Å². The van der Waals surface area contributed by atoms with Crippen molar-refractivity contribution in [3.05, 3.63) is 82.5 Å². The molecule has 1 amide bonds. The third-order valence-corrected chi connectivity index (χ3v) is 4.72. The fourth-order valence-corrected chi connectivity index (χ4v) is 3.16.